The van der Waals surface area contributed by atoms with Crippen molar-refractivity contribution >= 4 is 28.1 Å². The monoisotopic (exact) mass is 286 g/mol. The van der Waals surface area contributed by atoms with Gasteiger partial charge in [0.1, 0.15) is 5.82 Å². The second-order valence-electron chi connectivity index (χ2n) is 5.20. The Morgan fingerprint density at radius 2 is 2.20 bits per heavy atom. The van der Waals surface area contributed by atoms with Gasteiger partial charge in [-0.15, -0.1) is 11.3 Å². The lowest BCUT2D eigenvalue weighted by Gasteiger charge is -2.10. The zero-order chi connectivity index (χ0) is 14.1. The number of nitrogen functional groups attached to an aromatic ring is 1. The number of aryl methyl sites for hydroxylation is 2. The first-order valence-corrected chi connectivity index (χ1v) is 7.67. The zero-order valence-electron chi connectivity index (χ0n) is 11.7. The van der Waals surface area contributed by atoms with Crippen molar-refractivity contribution in [2.24, 2.45) is 0 Å². The van der Waals surface area contributed by atoms with Crippen LogP contribution < -0.4 is 5.73 Å². The van der Waals surface area contributed by atoms with Gasteiger partial charge < -0.3 is 10.3 Å². The summed E-state index contributed by atoms with van der Waals surface area (Å²) in [6.07, 6.45) is 2.79. The Balaban J connectivity index is 2.00. The third-order valence-corrected chi connectivity index (χ3v) is 4.19. The van der Waals surface area contributed by atoms with Crippen molar-refractivity contribution in [3.63, 3.8) is 0 Å². The molecular weight excluding hydrogens is 268 g/mol. The maximum atomic E-state index is 5.85. The lowest BCUT2D eigenvalue weighted by Crippen LogP contribution is -2.07. The predicted octanol–water partition coefficient (Wildman–Crippen LogP) is 3.44. The van der Waals surface area contributed by atoms with Crippen LogP contribution in [0.3, 0.4) is 0 Å². The second kappa shape index (κ2) is 5.25. The number of hydrogen-bond donors (Lipinski definition) is 1. The summed E-state index contributed by atoms with van der Waals surface area (Å²) in [7, 11) is 0. The van der Waals surface area contributed by atoms with Gasteiger partial charge in [-0.25, -0.2) is 9.97 Å². The molecule has 2 heterocycles. The van der Waals surface area contributed by atoms with Gasteiger partial charge in [0.25, 0.3) is 0 Å². The molecule has 0 radical (unpaired) electrons. The number of hydrogen-bond acceptors (Lipinski definition) is 4. The molecular formula is C15H18N4S. The first-order chi connectivity index (χ1) is 9.65. The normalized spacial score (nSPS) is 11.6. The van der Waals surface area contributed by atoms with Crippen molar-refractivity contribution in [2.75, 3.05) is 5.73 Å². The minimum Gasteiger partial charge on any atom is -0.399 e. The average molecular weight is 286 g/mol. The highest BCUT2D eigenvalue weighted by atomic mass is 32.1. The Hall–Kier alpha value is -1.88. The molecule has 0 saturated heterocycles. The summed E-state index contributed by atoms with van der Waals surface area (Å²) in [6.45, 7) is 5.25. The van der Waals surface area contributed by atoms with E-state index in [0.717, 1.165) is 40.5 Å². The Morgan fingerprint density at radius 3 is 2.90 bits per heavy atom. The van der Waals surface area contributed by atoms with E-state index in [-0.39, 0.29) is 0 Å². The number of rotatable bonds is 4. The van der Waals surface area contributed by atoms with Crippen LogP contribution in [0.5, 0.6) is 0 Å². The fourth-order valence-corrected chi connectivity index (χ4v) is 3.03. The van der Waals surface area contributed by atoms with E-state index in [1.54, 1.807) is 11.3 Å². The number of anilines is 1. The van der Waals surface area contributed by atoms with Crippen molar-refractivity contribution in [3.05, 3.63) is 40.6 Å². The van der Waals surface area contributed by atoms with Crippen LogP contribution in [-0.4, -0.2) is 14.5 Å². The fraction of sp³-hybridized carbons (Fsp3) is 0.333. The smallest absolute Gasteiger partial charge is 0.112 e. The van der Waals surface area contributed by atoms with Crippen molar-refractivity contribution < 1.29 is 0 Å². The lowest BCUT2D eigenvalue weighted by molar-refractivity contribution is 0.633. The highest BCUT2D eigenvalue weighted by Gasteiger charge is 2.14. The molecule has 3 aromatic rings. The standard InChI is InChI=1S/C15H18N4S/c1-10(2)15-18-12-9-11(16)3-4-13(12)19(15)7-5-14-17-6-8-20-14/h3-4,6,8-10H,5,7,16H2,1-2H3. The SMILES string of the molecule is CC(C)c1nc2cc(N)ccc2n1CCc1nccs1. The van der Waals surface area contributed by atoms with Gasteiger partial charge in [-0.2, -0.15) is 0 Å². The Morgan fingerprint density at radius 1 is 1.35 bits per heavy atom. The van der Waals surface area contributed by atoms with E-state index in [1.807, 2.05) is 23.7 Å². The van der Waals surface area contributed by atoms with Gasteiger partial charge in [-0.1, -0.05) is 13.8 Å². The Labute approximate surface area is 122 Å². The molecule has 4 nitrogen and oxygen atoms in total. The summed E-state index contributed by atoms with van der Waals surface area (Å²) in [5.41, 5.74) is 8.75. The van der Waals surface area contributed by atoms with Crippen LogP contribution in [0, 0.1) is 0 Å². The molecule has 0 saturated carbocycles. The van der Waals surface area contributed by atoms with E-state index >= 15 is 0 Å². The maximum Gasteiger partial charge on any atom is 0.112 e. The molecule has 0 bridgehead atoms. The molecule has 104 valence electrons. The Kier molecular flexibility index (Phi) is 3.44. The molecule has 0 aliphatic heterocycles. The lowest BCUT2D eigenvalue weighted by atomic mass is 10.2. The summed E-state index contributed by atoms with van der Waals surface area (Å²) in [4.78, 5) is 9.09. The highest BCUT2D eigenvalue weighted by Crippen LogP contribution is 2.24. The number of imidazole rings is 1. The minimum absolute atomic E-state index is 0.389. The summed E-state index contributed by atoms with van der Waals surface area (Å²) in [5, 5.41) is 3.18. The van der Waals surface area contributed by atoms with Gasteiger partial charge in [0.15, 0.2) is 0 Å². The van der Waals surface area contributed by atoms with Crippen molar-refractivity contribution in [2.45, 2.75) is 32.7 Å². The van der Waals surface area contributed by atoms with Crippen LogP contribution in [0.1, 0.15) is 30.6 Å². The number of nitrogens with two attached hydrogens (primary N) is 1. The van der Waals surface area contributed by atoms with Gasteiger partial charge in [0.2, 0.25) is 0 Å². The van der Waals surface area contributed by atoms with Crippen LogP contribution >= 0.6 is 11.3 Å². The molecule has 0 spiro atoms. The first-order valence-electron chi connectivity index (χ1n) is 6.79. The second-order valence-corrected chi connectivity index (χ2v) is 6.18. The van der Waals surface area contributed by atoms with Crippen molar-refractivity contribution in [1.29, 1.82) is 0 Å². The fourth-order valence-electron chi connectivity index (χ4n) is 2.43. The van der Waals surface area contributed by atoms with Gasteiger partial charge in [0, 0.05) is 36.1 Å². The number of fused-ring (bicyclic) bond motifs is 1. The minimum atomic E-state index is 0.389. The van der Waals surface area contributed by atoms with Crippen LogP contribution in [0.4, 0.5) is 5.69 Å². The summed E-state index contributed by atoms with van der Waals surface area (Å²) in [6, 6.07) is 5.94. The van der Waals surface area contributed by atoms with Crippen molar-refractivity contribution in [3.8, 4) is 0 Å². The van der Waals surface area contributed by atoms with Crippen LogP contribution in [0.15, 0.2) is 29.8 Å². The molecule has 0 aliphatic carbocycles. The summed E-state index contributed by atoms with van der Waals surface area (Å²) in [5.74, 6) is 1.50. The number of thiazole rings is 1. The third kappa shape index (κ3) is 2.41. The molecule has 0 aliphatic rings. The van der Waals surface area contributed by atoms with Crippen molar-refractivity contribution in [1.82, 2.24) is 14.5 Å². The van der Waals surface area contributed by atoms with Gasteiger partial charge in [-0.3, -0.25) is 0 Å². The summed E-state index contributed by atoms with van der Waals surface area (Å²) >= 11 is 1.70. The zero-order valence-corrected chi connectivity index (χ0v) is 12.5. The first kappa shape index (κ1) is 13.1. The molecule has 5 heteroatoms. The molecule has 20 heavy (non-hydrogen) atoms. The van der Waals surface area contributed by atoms with Crippen LogP contribution in [0.25, 0.3) is 11.0 Å². The molecule has 2 aromatic heterocycles. The average Bonchev–Trinajstić information content (AvgIpc) is 3.02. The van der Waals surface area contributed by atoms with Gasteiger partial charge >= 0.3 is 0 Å². The van der Waals surface area contributed by atoms with Gasteiger partial charge in [0.05, 0.1) is 16.0 Å². The van der Waals surface area contributed by atoms with Crippen LogP contribution in [0.2, 0.25) is 0 Å². The van der Waals surface area contributed by atoms with E-state index in [9.17, 15) is 0 Å². The quantitative estimate of drug-likeness (QED) is 0.747. The summed E-state index contributed by atoms with van der Waals surface area (Å²) < 4.78 is 2.29. The van der Waals surface area contributed by atoms with E-state index in [0.29, 0.717) is 5.92 Å². The highest BCUT2D eigenvalue weighted by molar-refractivity contribution is 7.09. The van der Waals surface area contributed by atoms with E-state index in [2.05, 4.69) is 29.5 Å². The largest absolute Gasteiger partial charge is 0.399 e. The molecule has 0 fully saturated rings. The molecule has 2 N–H and O–H groups in total. The molecule has 3 rings (SSSR count). The third-order valence-electron chi connectivity index (χ3n) is 3.35. The van der Waals surface area contributed by atoms with E-state index in [4.69, 9.17) is 10.7 Å². The topological polar surface area (TPSA) is 56.7 Å². The van der Waals surface area contributed by atoms with Crippen LogP contribution in [-0.2, 0) is 13.0 Å². The molecule has 1 aromatic carbocycles. The Bertz CT molecular complexity index is 713. The number of nitrogens with zero attached hydrogens (tertiary/aromatic N) is 3. The predicted molar refractivity (Wildman–Crippen MR) is 84.1 cm³/mol. The number of benzene rings is 1. The van der Waals surface area contributed by atoms with E-state index in [1.165, 1.54) is 0 Å². The maximum absolute atomic E-state index is 5.85. The van der Waals surface area contributed by atoms with Gasteiger partial charge in [-0.05, 0) is 18.2 Å². The van der Waals surface area contributed by atoms with E-state index < -0.39 is 0 Å². The molecule has 0 amide bonds. The molecule has 0 atom stereocenters. The number of aromatic nitrogens is 3. The molecule has 0 unspecified atom stereocenters.